The van der Waals surface area contributed by atoms with Gasteiger partial charge in [0.05, 0.1) is 6.42 Å². The number of amides is 6. The van der Waals surface area contributed by atoms with Crippen molar-refractivity contribution in [1.82, 2.24) is 26.6 Å². The molecule has 52 heavy (non-hydrogen) atoms. The van der Waals surface area contributed by atoms with E-state index in [2.05, 4.69) is 26.6 Å². The maximum absolute atomic E-state index is 13.8. The van der Waals surface area contributed by atoms with Crippen LogP contribution < -0.4 is 32.3 Å². The zero-order valence-electron chi connectivity index (χ0n) is 30.4. The highest BCUT2D eigenvalue weighted by Crippen LogP contribution is 2.28. The third-order valence-electron chi connectivity index (χ3n) is 8.66. The van der Waals surface area contributed by atoms with Gasteiger partial charge in [-0.15, -0.1) is 0 Å². The molecule has 1 aliphatic carbocycles. The first-order valence-electron chi connectivity index (χ1n) is 17.6. The van der Waals surface area contributed by atoms with Crippen LogP contribution in [0, 0.1) is 11.3 Å². The topological polar surface area (TPSA) is 263 Å². The number of carboxylic acid groups (broad SMARTS) is 2. The van der Waals surface area contributed by atoms with Crippen molar-refractivity contribution in [1.29, 1.82) is 0 Å². The molecule has 16 heteroatoms. The Bertz CT molecular complexity index is 1420. The minimum atomic E-state index is -1.69. The standard InChI is InChI=1S/C36H54N6O10/c1-21(43)38-24(15-16-29(37)44)31(47)39-25(17-22-11-7-5-8-12-22)32(48)40-26(19-30(45)46)33(49)42-28(20-36(2,3)4)34(50)41-27(35(51)52)18-23-13-9-6-10-14-23/h6,9-10,13-14,22,24-28H,5,7-8,11-12,15-20H2,1-4H3,(H2,37,44)(H,38,43)(H,39,47)(H,40,48)(H,41,50)(H,42,49)(H,45,46)(H,51,52)/t24-,25-,26?,27?,28-/m0/s1. The summed E-state index contributed by atoms with van der Waals surface area (Å²) in [6.07, 6.45) is 3.34. The SMILES string of the molecule is CC(=O)N[C@@H](CCC(N)=O)C(=O)N[C@@H](CC1CCCCC1)C(=O)NC(CC(=O)O)C(=O)N[C@@H](CC(C)(C)C)C(=O)NC(Cc1ccccc1)C(=O)O. The first kappa shape index (κ1) is 43.1. The molecule has 2 unspecified atom stereocenters. The van der Waals surface area contributed by atoms with Gasteiger partial charge in [-0.25, -0.2) is 4.79 Å². The van der Waals surface area contributed by atoms with Crippen LogP contribution in [-0.4, -0.2) is 87.8 Å². The highest BCUT2D eigenvalue weighted by Gasteiger charge is 2.35. The number of benzene rings is 1. The van der Waals surface area contributed by atoms with Gasteiger partial charge in [0.15, 0.2) is 0 Å². The molecule has 288 valence electrons. The summed E-state index contributed by atoms with van der Waals surface area (Å²) in [6.45, 7) is 6.57. The molecule has 9 N–H and O–H groups in total. The minimum Gasteiger partial charge on any atom is -0.481 e. The van der Waals surface area contributed by atoms with Crippen molar-refractivity contribution in [2.24, 2.45) is 17.1 Å². The maximum atomic E-state index is 13.8. The fourth-order valence-electron chi connectivity index (χ4n) is 6.13. The molecule has 0 heterocycles. The van der Waals surface area contributed by atoms with E-state index < -0.39 is 89.4 Å². The Morgan fingerprint density at radius 1 is 0.731 bits per heavy atom. The molecular formula is C36H54N6O10. The van der Waals surface area contributed by atoms with Crippen LogP contribution in [-0.2, 0) is 44.8 Å². The lowest BCUT2D eigenvalue weighted by atomic mass is 9.84. The maximum Gasteiger partial charge on any atom is 0.326 e. The van der Waals surface area contributed by atoms with Gasteiger partial charge in [-0.3, -0.25) is 33.6 Å². The summed E-state index contributed by atoms with van der Waals surface area (Å²) >= 11 is 0. The lowest BCUT2D eigenvalue weighted by molar-refractivity contribution is -0.143. The van der Waals surface area contributed by atoms with Gasteiger partial charge in [0.25, 0.3) is 0 Å². The van der Waals surface area contributed by atoms with Crippen LogP contribution in [0.5, 0.6) is 0 Å². The smallest absolute Gasteiger partial charge is 0.326 e. The molecule has 2 rings (SSSR count). The second-order valence-corrected chi connectivity index (χ2v) is 14.6. The van der Waals surface area contributed by atoms with Gasteiger partial charge in [0.2, 0.25) is 35.4 Å². The Labute approximate surface area is 303 Å². The number of carboxylic acids is 2. The molecule has 1 aliphatic rings. The van der Waals surface area contributed by atoms with Crippen molar-refractivity contribution in [2.45, 2.75) is 129 Å². The van der Waals surface area contributed by atoms with Crippen LogP contribution in [0.2, 0.25) is 0 Å². The first-order valence-corrected chi connectivity index (χ1v) is 17.6. The van der Waals surface area contributed by atoms with Crippen LogP contribution in [0.1, 0.15) is 97.5 Å². The zero-order chi connectivity index (χ0) is 39.0. The number of aliphatic carboxylic acids is 2. The molecule has 0 bridgehead atoms. The van der Waals surface area contributed by atoms with Crippen LogP contribution in [0.3, 0.4) is 0 Å². The molecule has 1 saturated carbocycles. The summed E-state index contributed by atoms with van der Waals surface area (Å²) in [5.74, 6) is -7.40. The van der Waals surface area contributed by atoms with E-state index in [9.17, 15) is 48.6 Å². The molecule has 0 spiro atoms. The Kier molecular flexibility index (Phi) is 17.2. The minimum absolute atomic E-state index is 0.0271. The summed E-state index contributed by atoms with van der Waals surface area (Å²) in [5, 5.41) is 32.0. The van der Waals surface area contributed by atoms with E-state index in [0.717, 1.165) is 32.1 Å². The Morgan fingerprint density at radius 3 is 1.79 bits per heavy atom. The Morgan fingerprint density at radius 2 is 1.25 bits per heavy atom. The monoisotopic (exact) mass is 730 g/mol. The predicted molar refractivity (Wildman–Crippen MR) is 189 cm³/mol. The van der Waals surface area contributed by atoms with Gasteiger partial charge in [-0.1, -0.05) is 83.2 Å². The Balaban J connectivity index is 2.33. The molecule has 16 nitrogen and oxygen atoms in total. The van der Waals surface area contributed by atoms with Crippen LogP contribution in [0.25, 0.3) is 0 Å². The lowest BCUT2D eigenvalue weighted by Gasteiger charge is -2.30. The number of hydrogen-bond acceptors (Lipinski definition) is 8. The average Bonchev–Trinajstić information content (AvgIpc) is 3.05. The normalized spacial score (nSPS) is 16.2. The van der Waals surface area contributed by atoms with Crippen molar-refractivity contribution < 1.29 is 48.6 Å². The van der Waals surface area contributed by atoms with Gasteiger partial charge in [-0.2, -0.15) is 0 Å². The van der Waals surface area contributed by atoms with Gasteiger partial charge in [-0.05, 0) is 36.2 Å². The Hall–Kier alpha value is -5.02. The second kappa shape index (κ2) is 20.7. The predicted octanol–water partition coefficient (Wildman–Crippen LogP) is 0.904. The molecule has 0 radical (unpaired) electrons. The van der Waals surface area contributed by atoms with E-state index in [4.69, 9.17) is 5.73 Å². The van der Waals surface area contributed by atoms with Gasteiger partial charge in [0, 0.05) is 19.8 Å². The number of primary amides is 1. The lowest BCUT2D eigenvalue weighted by Crippen LogP contribution is -2.59. The number of nitrogens with one attached hydrogen (secondary N) is 5. The fourth-order valence-corrected chi connectivity index (χ4v) is 6.13. The van der Waals surface area contributed by atoms with E-state index in [1.807, 2.05) is 0 Å². The molecule has 0 saturated heterocycles. The van der Waals surface area contributed by atoms with Gasteiger partial charge in [0.1, 0.15) is 30.2 Å². The van der Waals surface area contributed by atoms with E-state index in [-0.39, 0.29) is 38.0 Å². The third kappa shape index (κ3) is 16.3. The van der Waals surface area contributed by atoms with Crippen LogP contribution in [0.4, 0.5) is 0 Å². The fraction of sp³-hybridized carbons (Fsp3) is 0.611. The highest BCUT2D eigenvalue weighted by molar-refractivity contribution is 5.97. The number of rotatable bonds is 20. The van der Waals surface area contributed by atoms with Crippen LogP contribution in [0.15, 0.2) is 30.3 Å². The molecule has 0 aromatic heterocycles. The van der Waals surface area contributed by atoms with Crippen molar-refractivity contribution in [3.8, 4) is 0 Å². The number of hydrogen-bond donors (Lipinski definition) is 8. The molecule has 0 aliphatic heterocycles. The van der Waals surface area contributed by atoms with Gasteiger partial charge < -0.3 is 42.5 Å². The summed E-state index contributed by atoms with van der Waals surface area (Å²) in [5.41, 5.74) is 5.33. The average molecular weight is 731 g/mol. The van der Waals surface area contributed by atoms with Crippen molar-refractivity contribution in [2.75, 3.05) is 0 Å². The van der Waals surface area contributed by atoms with Crippen molar-refractivity contribution >= 4 is 47.4 Å². The van der Waals surface area contributed by atoms with E-state index in [1.54, 1.807) is 51.1 Å². The van der Waals surface area contributed by atoms with Crippen LogP contribution >= 0.6 is 0 Å². The van der Waals surface area contributed by atoms with Crippen molar-refractivity contribution in [3.05, 3.63) is 35.9 Å². The zero-order valence-corrected chi connectivity index (χ0v) is 30.4. The van der Waals surface area contributed by atoms with E-state index in [0.29, 0.717) is 5.56 Å². The number of carbonyl (C=O) groups is 8. The van der Waals surface area contributed by atoms with Crippen molar-refractivity contribution in [3.63, 3.8) is 0 Å². The number of nitrogens with two attached hydrogens (primary N) is 1. The first-order chi connectivity index (χ1) is 24.3. The van der Waals surface area contributed by atoms with Gasteiger partial charge >= 0.3 is 11.9 Å². The molecule has 5 atom stereocenters. The second-order valence-electron chi connectivity index (χ2n) is 14.6. The van der Waals surface area contributed by atoms with E-state index >= 15 is 0 Å². The summed E-state index contributed by atoms with van der Waals surface area (Å²) in [6, 6.07) is 1.87. The summed E-state index contributed by atoms with van der Waals surface area (Å²) in [7, 11) is 0. The summed E-state index contributed by atoms with van der Waals surface area (Å²) in [4.78, 5) is 102. The summed E-state index contributed by atoms with van der Waals surface area (Å²) < 4.78 is 0. The molecule has 1 aromatic carbocycles. The molecule has 1 aromatic rings. The van der Waals surface area contributed by atoms with E-state index in [1.165, 1.54) is 6.92 Å². The molecule has 1 fully saturated rings. The highest BCUT2D eigenvalue weighted by atomic mass is 16.4. The molecular weight excluding hydrogens is 676 g/mol. The largest absolute Gasteiger partial charge is 0.481 e. The quantitative estimate of drug-likeness (QED) is 0.0940. The third-order valence-corrected chi connectivity index (χ3v) is 8.66. The number of carbonyl (C=O) groups excluding carboxylic acids is 6. The molecule has 6 amide bonds.